The molecule has 0 saturated carbocycles. The van der Waals surface area contributed by atoms with Gasteiger partial charge in [-0.05, 0) is 12.5 Å². The van der Waals surface area contributed by atoms with Crippen LogP contribution in [0.1, 0.15) is 6.42 Å². The van der Waals surface area contributed by atoms with E-state index in [-0.39, 0.29) is 22.1 Å². The van der Waals surface area contributed by atoms with Crippen LogP contribution in [-0.2, 0) is 4.74 Å². The number of rotatable bonds is 5. The van der Waals surface area contributed by atoms with Crippen LogP contribution in [0.3, 0.4) is 0 Å². The fraction of sp³-hybridized carbons (Fsp3) is 0.400. The number of hydrogen-bond acceptors (Lipinski definition) is 4. The predicted molar refractivity (Wildman–Crippen MR) is 65.2 cm³/mol. The fourth-order valence-corrected chi connectivity index (χ4v) is 1.42. The first-order chi connectivity index (χ1) is 7.57. The van der Waals surface area contributed by atoms with E-state index < -0.39 is 5.82 Å². The first-order valence-corrected chi connectivity index (χ1v) is 5.21. The second-order valence-corrected chi connectivity index (χ2v) is 3.71. The van der Waals surface area contributed by atoms with Gasteiger partial charge in [0.2, 0.25) is 0 Å². The van der Waals surface area contributed by atoms with Crippen molar-refractivity contribution in [1.29, 1.82) is 0 Å². The molecule has 90 valence electrons. The molecular formula is C10H15ClFN3O. The highest BCUT2D eigenvalue weighted by Crippen LogP contribution is 2.33. The van der Waals surface area contributed by atoms with Gasteiger partial charge in [-0.15, -0.1) is 0 Å². The maximum absolute atomic E-state index is 13.6. The predicted octanol–water partition coefficient (Wildman–Crippen LogP) is 2.09. The van der Waals surface area contributed by atoms with Gasteiger partial charge in [0.1, 0.15) is 5.02 Å². The topological polar surface area (TPSA) is 73.3 Å². The van der Waals surface area contributed by atoms with Crippen molar-refractivity contribution in [3.05, 3.63) is 16.9 Å². The first-order valence-electron chi connectivity index (χ1n) is 4.83. The summed E-state index contributed by atoms with van der Waals surface area (Å²) < 4.78 is 18.5. The lowest BCUT2D eigenvalue weighted by Crippen LogP contribution is -2.09. The molecule has 0 aliphatic heterocycles. The molecule has 0 bridgehead atoms. The largest absolute Gasteiger partial charge is 0.397 e. The summed E-state index contributed by atoms with van der Waals surface area (Å²) >= 11 is 5.67. The summed E-state index contributed by atoms with van der Waals surface area (Å²) in [6.45, 7) is 1.15. The molecule has 0 aliphatic rings. The molecule has 1 aromatic carbocycles. The molecular weight excluding hydrogens is 233 g/mol. The zero-order chi connectivity index (χ0) is 12.1. The summed E-state index contributed by atoms with van der Waals surface area (Å²) in [5.74, 6) is -0.614. The van der Waals surface area contributed by atoms with Crippen molar-refractivity contribution in [2.45, 2.75) is 6.42 Å². The van der Waals surface area contributed by atoms with Gasteiger partial charge >= 0.3 is 0 Å². The van der Waals surface area contributed by atoms with E-state index in [4.69, 9.17) is 27.8 Å². The molecule has 0 amide bonds. The molecule has 0 spiro atoms. The monoisotopic (exact) mass is 247 g/mol. The zero-order valence-corrected chi connectivity index (χ0v) is 9.77. The fourth-order valence-electron chi connectivity index (χ4n) is 1.28. The summed E-state index contributed by atoms with van der Waals surface area (Å²) in [5.41, 5.74) is 11.7. The Morgan fingerprint density at radius 3 is 2.75 bits per heavy atom. The lowest BCUT2D eigenvalue weighted by Gasteiger charge is -2.12. The molecule has 1 aromatic rings. The van der Waals surface area contributed by atoms with Crippen molar-refractivity contribution in [3.8, 4) is 0 Å². The van der Waals surface area contributed by atoms with Gasteiger partial charge in [-0.3, -0.25) is 0 Å². The third-order valence-electron chi connectivity index (χ3n) is 2.09. The van der Waals surface area contributed by atoms with Crippen molar-refractivity contribution >= 4 is 28.7 Å². The van der Waals surface area contributed by atoms with Crippen LogP contribution >= 0.6 is 11.6 Å². The summed E-state index contributed by atoms with van der Waals surface area (Å²) in [4.78, 5) is 0. The average Bonchev–Trinajstić information content (AvgIpc) is 2.25. The van der Waals surface area contributed by atoms with E-state index in [0.29, 0.717) is 13.2 Å². The molecule has 4 nitrogen and oxygen atoms in total. The highest BCUT2D eigenvalue weighted by molar-refractivity contribution is 6.33. The van der Waals surface area contributed by atoms with Crippen molar-refractivity contribution < 1.29 is 9.13 Å². The first kappa shape index (κ1) is 12.9. The zero-order valence-electron chi connectivity index (χ0n) is 9.02. The second kappa shape index (κ2) is 5.77. The number of ether oxygens (including phenoxy) is 1. The highest BCUT2D eigenvalue weighted by Gasteiger charge is 2.13. The van der Waals surface area contributed by atoms with Crippen LogP contribution in [-0.4, -0.2) is 20.3 Å². The minimum atomic E-state index is -0.614. The van der Waals surface area contributed by atoms with Gasteiger partial charge in [-0.25, -0.2) is 4.39 Å². The van der Waals surface area contributed by atoms with Crippen LogP contribution in [0.2, 0.25) is 5.02 Å². The number of nitrogens with one attached hydrogen (secondary N) is 1. The molecule has 0 heterocycles. The quantitative estimate of drug-likeness (QED) is 0.550. The molecule has 0 radical (unpaired) electrons. The SMILES string of the molecule is COCCCNc1c(N)cc(N)c(Cl)c1F. The van der Waals surface area contributed by atoms with Gasteiger partial charge in [0.15, 0.2) is 5.82 Å². The van der Waals surface area contributed by atoms with Gasteiger partial charge in [-0.2, -0.15) is 0 Å². The second-order valence-electron chi connectivity index (χ2n) is 3.33. The van der Waals surface area contributed by atoms with Crippen LogP contribution in [0.4, 0.5) is 21.5 Å². The maximum Gasteiger partial charge on any atom is 0.169 e. The Morgan fingerprint density at radius 1 is 1.44 bits per heavy atom. The van der Waals surface area contributed by atoms with Crippen molar-refractivity contribution in [1.82, 2.24) is 0 Å². The summed E-state index contributed by atoms with van der Waals surface area (Å²) in [6, 6.07) is 1.43. The Morgan fingerprint density at radius 2 is 2.12 bits per heavy atom. The normalized spacial score (nSPS) is 10.4. The number of methoxy groups -OCH3 is 1. The molecule has 0 saturated heterocycles. The highest BCUT2D eigenvalue weighted by atomic mass is 35.5. The van der Waals surface area contributed by atoms with E-state index in [0.717, 1.165) is 6.42 Å². The Kier molecular flexibility index (Phi) is 4.64. The Hall–Kier alpha value is -1.20. The Labute approximate surface area is 98.7 Å². The Balaban J connectivity index is 2.76. The van der Waals surface area contributed by atoms with E-state index in [2.05, 4.69) is 5.32 Å². The smallest absolute Gasteiger partial charge is 0.169 e. The van der Waals surface area contributed by atoms with Crippen LogP contribution in [0.25, 0.3) is 0 Å². The number of nitrogen functional groups attached to an aromatic ring is 2. The number of hydrogen-bond donors (Lipinski definition) is 3. The summed E-state index contributed by atoms with van der Waals surface area (Å²) in [6.07, 6.45) is 0.747. The molecule has 0 atom stereocenters. The van der Waals surface area contributed by atoms with Crippen LogP contribution in [0.5, 0.6) is 0 Å². The molecule has 1 rings (SSSR count). The van der Waals surface area contributed by atoms with Gasteiger partial charge in [-0.1, -0.05) is 11.6 Å². The van der Waals surface area contributed by atoms with Crippen LogP contribution in [0.15, 0.2) is 6.07 Å². The maximum atomic E-state index is 13.6. The van der Waals surface area contributed by atoms with Crippen LogP contribution in [0, 0.1) is 5.82 Å². The molecule has 6 heteroatoms. The number of benzene rings is 1. The summed E-state index contributed by atoms with van der Waals surface area (Å²) in [7, 11) is 1.61. The lowest BCUT2D eigenvalue weighted by molar-refractivity contribution is 0.198. The number of halogens is 2. The van der Waals surface area contributed by atoms with E-state index >= 15 is 0 Å². The number of nitrogens with two attached hydrogens (primary N) is 2. The molecule has 16 heavy (non-hydrogen) atoms. The molecule has 5 N–H and O–H groups in total. The lowest BCUT2D eigenvalue weighted by atomic mass is 10.2. The van der Waals surface area contributed by atoms with Gasteiger partial charge < -0.3 is 21.5 Å². The van der Waals surface area contributed by atoms with Gasteiger partial charge in [0.25, 0.3) is 0 Å². The van der Waals surface area contributed by atoms with E-state index in [1.165, 1.54) is 6.07 Å². The van der Waals surface area contributed by atoms with E-state index in [9.17, 15) is 4.39 Å². The minimum Gasteiger partial charge on any atom is -0.397 e. The molecule has 0 aromatic heterocycles. The average molecular weight is 248 g/mol. The molecule has 0 unspecified atom stereocenters. The van der Waals surface area contributed by atoms with Crippen molar-refractivity contribution in [2.24, 2.45) is 0 Å². The van der Waals surface area contributed by atoms with Crippen molar-refractivity contribution in [2.75, 3.05) is 37.0 Å². The molecule has 0 fully saturated rings. The standard InChI is InChI=1S/C10H15ClFN3O/c1-16-4-2-3-15-10-7(14)5-6(13)8(11)9(10)12/h5,15H,2-4,13-14H2,1H3. The third-order valence-corrected chi connectivity index (χ3v) is 2.48. The third kappa shape index (κ3) is 2.90. The summed E-state index contributed by atoms with van der Waals surface area (Å²) in [5, 5.41) is 2.76. The number of anilines is 3. The minimum absolute atomic E-state index is 0.108. The van der Waals surface area contributed by atoms with E-state index in [1.807, 2.05) is 0 Å². The van der Waals surface area contributed by atoms with Crippen LogP contribution < -0.4 is 16.8 Å². The van der Waals surface area contributed by atoms with E-state index in [1.54, 1.807) is 7.11 Å². The Bertz CT molecular complexity index is 374. The van der Waals surface area contributed by atoms with Gasteiger partial charge in [0, 0.05) is 20.3 Å². The van der Waals surface area contributed by atoms with Gasteiger partial charge in [0.05, 0.1) is 17.1 Å². The van der Waals surface area contributed by atoms with Crippen molar-refractivity contribution in [3.63, 3.8) is 0 Å². The molecule has 0 aliphatic carbocycles.